The van der Waals surface area contributed by atoms with Crippen LogP contribution in [0.5, 0.6) is 0 Å². The van der Waals surface area contributed by atoms with Gasteiger partial charge in [0.25, 0.3) is 5.91 Å². The minimum absolute atomic E-state index is 0.0119. The van der Waals surface area contributed by atoms with E-state index in [1.54, 1.807) is 17.0 Å². The first kappa shape index (κ1) is 19.6. The molecule has 0 aliphatic heterocycles. The van der Waals surface area contributed by atoms with Gasteiger partial charge in [-0.15, -0.1) is 0 Å². The summed E-state index contributed by atoms with van der Waals surface area (Å²) in [6.45, 7) is 1.73. The number of hydrogen-bond donors (Lipinski definition) is 3. The molecular weight excluding hydrogens is 436 g/mol. The van der Waals surface area contributed by atoms with Crippen LogP contribution in [0.4, 0.5) is 11.4 Å². The predicted molar refractivity (Wildman–Crippen MR) is 108 cm³/mol. The van der Waals surface area contributed by atoms with Crippen LogP contribution in [-0.4, -0.2) is 33.8 Å². The molecule has 142 valence electrons. The topological polar surface area (TPSA) is 88.4 Å². The summed E-state index contributed by atoms with van der Waals surface area (Å²) < 4.78 is 2.73. The summed E-state index contributed by atoms with van der Waals surface area (Å²) in [4.78, 5) is 21.9. The number of amides is 1. The van der Waals surface area contributed by atoms with Gasteiger partial charge < -0.3 is 15.0 Å². The number of hydroxylamine groups is 1. The van der Waals surface area contributed by atoms with Crippen molar-refractivity contribution in [1.29, 1.82) is 0 Å². The van der Waals surface area contributed by atoms with Gasteiger partial charge in [0, 0.05) is 17.2 Å². The number of benzene rings is 2. The van der Waals surface area contributed by atoms with E-state index in [2.05, 4.69) is 31.7 Å². The van der Waals surface area contributed by atoms with Gasteiger partial charge in [-0.25, -0.2) is 10.5 Å². The van der Waals surface area contributed by atoms with Crippen molar-refractivity contribution in [3.8, 4) is 0 Å². The largest absolute Gasteiger partial charge is 0.394 e. The third-order valence-electron chi connectivity index (χ3n) is 4.01. The Labute approximate surface area is 169 Å². The fraction of sp³-hybridized carbons (Fsp3) is 0.222. The van der Waals surface area contributed by atoms with Crippen LogP contribution >= 0.6 is 27.5 Å². The van der Waals surface area contributed by atoms with Crippen LogP contribution in [0.1, 0.15) is 15.9 Å². The maximum absolute atomic E-state index is 12.6. The average Bonchev–Trinajstić information content (AvgIpc) is 3.00. The third kappa shape index (κ3) is 4.08. The number of anilines is 2. The number of aromatic nitrogens is 2. The molecular formula is C18H18BrClN4O3. The number of aliphatic hydroxyl groups is 1. The van der Waals surface area contributed by atoms with Crippen molar-refractivity contribution in [3.63, 3.8) is 0 Å². The first-order valence-corrected chi connectivity index (χ1v) is 9.29. The number of carbonyl (C=O) groups excluding carboxylic acids is 1. The lowest BCUT2D eigenvalue weighted by molar-refractivity contribution is 0.0169. The van der Waals surface area contributed by atoms with Crippen molar-refractivity contribution >= 4 is 55.8 Å². The molecule has 1 amide bonds. The molecule has 0 aliphatic rings. The molecule has 0 atom stereocenters. The average molecular weight is 454 g/mol. The van der Waals surface area contributed by atoms with Crippen LogP contribution in [-0.2, 0) is 11.9 Å². The van der Waals surface area contributed by atoms with Crippen LogP contribution in [0.25, 0.3) is 11.0 Å². The van der Waals surface area contributed by atoms with Gasteiger partial charge in [0.2, 0.25) is 0 Å². The normalized spacial score (nSPS) is 11.0. The maximum Gasteiger partial charge on any atom is 0.277 e. The molecule has 2 aromatic carbocycles. The van der Waals surface area contributed by atoms with Crippen molar-refractivity contribution in [3.05, 3.63) is 51.2 Å². The zero-order chi connectivity index (χ0) is 19.6. The standard InChI is InChI=1S/C18H18BrClN4O3/c1-10-7-11(19)3-4-13(10)22-16-12(18(26)23-27-6-5-25)8-14-17(15(16)20)21-9-24(14)2/h3-4,7-9,22,25H,5-6H2,1-2H3,(H,23,26). The number of halogens is 2. The quantitative estimate of drug-likeness (QED) is 0.391. The van der Waals surface area contributed by atoms with E-state index in [-0.39, 0.29) is 13.2 Å². The molecule has 3 rings (SSSR count). The molecule has 0 bridgehead atoms. The molecule has 1 aromatic heterocycles. The number of nitrogens with one attached hydrogen (secondary N) is 2. The molecule has 1 heterocycles. The van der Waals surface area contributed by atoms with Gasteiger partial charge in [-0.1, -0.05) is 27.5 Å². The highest BCUT2D eigenvalue weighted by atomic mass is 79.9. The molecule has 3 aromatic rings. The summed E-state index contributed by atoms with van der Waals surface area (Å²) in [5, 5.41) is 12.4. The van der Waals surface area contributed by atoms with Crippen LogP contribution in [0.15, 0.2) is 35.1 Å². The Morgan fingerprint density at radius 1 is 1.41 bits per heavy atom. The second-order valence-corrected chi connectivity index (χ2v) is 7.22. The zero-order valence-electron chi connectivity index (χ0n) is 14.7. The molecule has 7 nitrogen and oxygen atoms in total. The Kier molecular flexibility index (Phi) is 6.01. The van der Waals surface area contributed by atoms with Crippen LogP contribution in [0.2, 0.25) is 5.02 Å². The van der Waals surface area contributed by atoms with Crippen molar-refractivity contribution in [2.75, 3.05) is 18.5 Å². The number of rotatable bonds is 6. The molecule has 0 aliphatic carbocycles. The molecule has 0 saturated carbocycles. The number of aryl methyl sites for hydroxylation is 2. The molecule has 0 unspecified atom stereocenters. The monoisotopic (exact) mass is 452 g/mol. The summed E-state index contributed by atoms with van der Waals surface area (Å²) in [7, 11) is 1.82. The SMILES string of the molecule is Cc1cc(Br)ccc1Nc1c(C(=O)NOCCO)cc2c(ncn2C)c1Cl. The van der Waals surface area contributed by atoms with E-state index in [1.807, 2.05) is 32.2 Å². The first-order chi connectivity index (χ1) is 12.9. The highest BCUT2D eigenvalue weighted by Gasteiger charge is 2.21. The van der Waals surface area contributed by atoms with Gasteiger partial charge in [0.05, 0.1) is 41.3 Å². The Balaban J connectivity index is 2.09. The second kappa shape index (κ2) is 8.26. The Hall–Kier alpha value is -2.13. The summed E-state index contributed by atoms with van der Waals surface area (Å²) in [6.07, 6.45) is 1.63. The van der Waals surface area contributed by atoms with Gasteiger partial charge in [-0.2, -0.15) is 0 Å². The number of hydrogen-bond acceptors (Lipinski definition) is 5. The van der Waals surface area contributed by atoms with Crippen LogP contribution in [0, 0.1) is 6.92 Å². The summed E-state index contributed by atoms with van der Waals surface area (Å²) in [5.74, 6) is -0.481. The van der Waals surface area contributed by atoms with Crippen molar-refractivity contribution in [2.24, 2.45) is 7.05 Å². The Bertz CT molecular complexity index is 1010. The highest BCUT2D eigenvalue weighted by Crippen LogP contribution is 2.36. The van der Waals surface area contributed by atoms with E-state index < -0.39 is 5.91 Å². The number of carbonyl (C=O) groups is 1. The molecule has 0 radical (unpaired) electrons. The molecule has 0 spiro atoms. The fourth-order valence-electron chi connectivity index (χ4n) is 2.65. The summed E-state index contributed by atoms with van der Waals surface area (Å²) in [5.41, 5.74) is 6.13. The van der Waals surface area contributed by atoms with E-state index in [1.165, 1.54) is 0 Å². The van der Waals surface area contributed by atoms with E-state index in [4.69, 9.17) is 21.5 Å². The number of nitrogens with zero attached hydrogens (tertiary/aromatic N) is 2. The number of fused-ring (bicyclic) bond motifs is 1. The van der Waals surface area contributed by atoms with Gasteiger partial charge in [0.1, 0.15) is 5.52 Å². The van der Waals surface area contributed by atoms with Crippen molar-refractivity contribution < 1.29 is 14.7 Å². The lowest BCUT2D eigenvalue weighted by Crippen LogP contribution is -2.26. The highest BCUT2D eigenvalue weighted by molar-refractivity contribution is 9.10. The Morgan fingerprint density at radius 2 is 2.19 bits per heavy atom. The van der Waals surface area contributed by atoms with Crippen molar-refractivity contribution in [1.82, 2.24) is 15.0 Å². The van der Waals surface area contributed by atoms with Gasteiger partial charge in [-0.05, 0) is 36.8 Å². The maximum atomic E-state index is 12.6. The number of aliphatic hydroxyl groups excluding tert-OH is 1. The lowest BCUT2D eigenvalue weighted by atomic mass is 10.1. The van der Waals surface area contributed by atoms with Crippen LogP contribution < -0.4 is 10.8 Å². The first-order valence-electron chi connectivity index (χ1n) is 8.12. The van der Waals surface area contributed by atoms with E-state index in [0.717, 1.165) is 15.7 Å². The summed E-state index contributed by atoms with van der Waals surface area (Å²) in [6, 6.07) is 7.44. The number of imidazole rings is 1. The van der Waals surface area contributed by atoms with Gasteiger partial charge in [0.15, 0.2) is 0 Å². The fourth-order valence-corrected chi connectivity index (χ4v) is 3.42. The second-order valence-electron chi connectivity index (χ2n) is 5.92. The van der Waals surface area contributed by atoms with E-state index >= 15 is 0 Å². The molecule has 27 heavy (non-hydrogen) atoms. The predicted octanol–water partition coefficient (Wildman–Crippen LogP) is 3.69. The van der Waals surface area contributed by atoms with Gasteiger partial charge >= 0.3 is 0 Å². The van der Waals surface area contributed by atoms with Crippen molar-refractivity contribution in [2.45, 2.75) is 6.92 Å². The smallest absolute Gasteiger partial charge is 0.277 e. The zero-order valence-corrected chi connectivity index (χ0v) is 17.1. The van der Waals surface area contributed by atoms with Crippen LogP contribution in [0.3, 0.4) is 0 Å². The third-order valence-corrected chi connectivity index (χ3v) is 4.87. The molecule has 3 N–H and O–H groups in total. The van der Waals surface area contributed by atoms with E-state index in [9.17, 15) is 4.79 Å². The van der Waals surface area contributed by atoms with Gasteiger partial charge in [-0.3, -0.25) is 9.63 Å². The molecule has 0 fully saturated rings. The summed E-state index contributed by atoms with van der Waals surface area (Å²) >= 11 is 10.0. The minimum Gasteiger partial charge on any atom is -0.394 e. The molecule has 9 heteroatoms. The minimum atomic E-state index is -0.481. The Morgan fingerprint density at radius 3 is 2.89 bits per heavy atom. The molecule has 0 saturated heterocycles. The lowest BCUT2D eigenvalue weighted by Gasteiger charge is -2.16. The van der Waals surface area contributed by atoms with E-state index in [0.29, 0.717) is 27.3 Å².